The van der Waals surface area contributed by atoms with Crippen molar-refractivity contribution in [1.82, 2.24) is 0 Å². The second-order valence-electron chi connectivity index (χ2n) is 17.5. The van der Waals surface area contributed by atoms with Gasteiger partial charge in [0.1, 0.15) is 23.0 Å². The van der Waals surface area contributed by atoms with E-state index in [1.54, 1.807) is 0 Å². The summed E-state index contributed by atoms with van der Waals surface area (Å²) in [6.07, 6.45) is 0. The van der Waals surface area contributed by atoms with E-state index in [9.17, 15) is 0 Å². The minimum absolute atomic E-state index is 0.0213. The van der Waals surface area contributed by atoms with E-state index in [2.05, 4.69) is 216 Å². The van der Waals surface area contributed by atoms with Crippen LogP contribution in [0, 0.1) is 0 Å². The highest BCUT2D eigenvalue weighted by atomic mass is 32.2. The van der Waals surface area contributed by atoms with E-state index >= 15 is 0 Å². The van der Waals surface area contributed by atoms with Gasteiger partial charge in [-0.2, -0.15) is 0 Å². The van der Waals surface area contributed by atoms with E-state index < -0.39 is 0 Å². The van der Waals surface area contributed by atoms with E-state index in [1.807, 2.05) is 46.2 Å². The van der Waals surface area contributed by atoms with Crippen molar-refractivity contribution in [1.29, 1.82) is 0 Å². The molecule has 4 nitrogen and oxygen atoms in total. The number of nitrogens with zero attached hydrogens (tertiary/aromatic N) is 2. The van der Waals surface area contributed by atoms with Gasteiger partial charge in [-0.05, 0) is 104 Å². The second-order valence-corrected chi connectivity index (χ2v) is 21.8. The van der Waals surface area contributed by atoms with Crippen LogP contribution in [0.2, 0.25) is 0 Å². The first kappa shape index (κ1) is 39.0. The summed E-state index contributed by atoms with van der Waals surface area (Å²) >= 11 is 7.61. The predicted molar refractivity (Wildman–Crippen MR) is 290 cm³/mol. The monoisotopic (exact) mass is 940 g/mol. The van der Waals surface area contributed by atoms with Crippen LogP contribution in [0.25, 0.3) is 20.2 Å². The number of anilines is 6. The molecule has 11 aromatic rings. The molecule has 2 aromatic heterocycles. The molecule has 0 radical (unpaired) electrons. The minimum atomic E-state index is -0.0213. The van der Waals surface area contributed by atoms with Gasteiger partial charge in [0, 0.05) is 80.7 Å². The maximum atomic E-state index is 7.31. The SMILES string of the molecule is c1ccc(N(c2ccccc2)c2cc3c4c(c2)Sc2c(sc5ccccc25)B4c2cc4c(cc2O3)Oc2cc(N(c3ccccc3)c3ccccc3)cc3c2B4c2sc4ccccc4c2S3)cc1. The van der Waals surface area contributed by atoms with Gasteiger partial charge in [-0.1, -0.05) is 139 Å². The smallest absolute Gasteiger partial charge is 0.266 e. The van der Waals surface area contributed by atoms with Crippen molar-refractivity contribution in [3.8, 4) is 23.0 Å². The molecule has 0 spiro atoms. The van der Waals surface area contributed by atoms with Crippen LogP contribution in [0.3, 0.4) is 0 Å². The number of benzene rings is 9. The molecule has 10 heteroatoms. The lowest BCUT2D eigenvalue weighted by molar-refractivity contribution is 0.464. The zero-order valence-electron chi connectivity index (χ0n) is 36.1. The Labute approximate surface area is 410 Å². The third-order valence-electron chi connectivity index (χ3n) is 13.6. The van der Waals surface area contributed by atoms with Gasteiger partial charge in [0.25, 0.3) is 13.4 Å². The Balaban J connectivity index is 0.953. The Hall–Kier alpha value is -7.07. The fourth-order valence-corrected chi connectivity index (χ4v) is 16.3. The minimum Gasteiger partial charge on any atom is -0.458 e. The quantitative estimate of drug-likeness (QED) is 0.154. The third kappa shape index (κ3) is 5.91. The molecule has 9 aromatic carbocycles. The van der Waals surface area contributed by atoms with E-state index in [0.717, 1.165) is 57.1 Å². The molecule has 6 heterocycles. The van der Waals surface area contributed by atoms with E-state index in [4.69, 9.17) is 9.47 Å². The van der Waals surface area contributed by atoms with Gasteiger partial charge in [-0.3, -0.25) is 0 Å². The molecule has 0 aliphatic carbocycles. The number of ether oxygens (including phenoxy) is 2. The molecule has 0 unspecified atom stereocenters. The summed E-state index contributed by atoms with van der Waals surface area (Å²) in [7, 11) is 0. The number of hydrogen-bond donors (Lipinski definition) is 0. The molecule has 68 heavy (non-hydrogen) atoms. The number of rotatable bonds is 6. The Morgan fingerprint density at radius 2 is 0.706 bits per heavy atom. The van der Waals surface area contributed by atoms with E-state index in [-0.39, 0.29) is 13.4 Å². The third-order valence-corrected chi connectivity index (χ3v) is 18.8. The van der Waals surface area contributed by atoms with E-state index in [0.29, 0.717) is 0 Å². The molecule has 0 fully saturated rings. The summed E-state index contributed by atoms with van der Waals surface area (Å²) < 4.78 is 20.0. The van der Waals surface area contributed by atoms with Crippen molar-refractivity contribution < 1.29 is 9.47 Å². The zero-order chi connectivity index (χ0) is 44.5. The summed E-state index contributed by atoms with van der Waals surface area (Å²) in [5, 5.41) is 2.61. The van der Waals surface area contributed by atoms with Crippen molar-refractivity contribution in [3.63, 3.8) is 0 Å². The van der Waals surface area contributed by atoms with Gasteiger partial charge < -0.3 is 19.3 Å². The molecule has 4 aliphatic heterocycles. The lowest BCUT2D eigenvalue weighted by Gasteiger charge is -2.37. The maximum absolute atomic E-state index is 7.31. The van der Waals surface area contributed by atoms with Crippen LogP contribution in [0.5, 0.6) is 23.0 Å². The molecular weight excluding hydrogens is 907 g/mol. The van der Waals surface area contributed by atoms with Crippen molar-refractivity contribution in [2.45, 2.75) is 19.6 Å². The number of thiophene rings is 2. The second kappa shape index (κ2) is 15.2. The molecule has 0 saturated carbocycles. The molecule has 0 atom stereocenters. The van der Waals surface area contributed by atoms with Gasteiger partial charge >= 0.3 is 0 Å². The van der Waals surface area contributed by atoms with Crippen LogP contribution in [-0.4, -0.2) is 13.4 Å². The first-order valence-corrected chi connectivity index (χ1v) is 26.1. The van der Waals surface area contributed by atoms with Crippen LogP contribution in [-0.2, 0) is 0 Å². The topological polar surface area (TPSA) is 24.9 Å². The number of fused-ring (bicyclic) bond motifs is 12. The summed E-state index contributed by atoms with van der Waals surface area (Å²) in [5.74, 6) is 3.43. The van der Waals surface area contributed by atoms with Crippen LogP contribution in [0.1, 0.15) is 0 Å². The molecular formula is C58H34B2N2O2S4. The average molecular weight is 941 g/mol. The molecule has 0 amide bonds. The van der Waals surface area contributed by atoms with Gasteiger partial charge in [0.05, 0.1) is 11.4 Å². The van der Waals surface area contributed by atoms with Gasteiger partial charge in [0.2, 0.25) is 0 Å². The zero-order valence-corrected chi connectivity index (χ0v) is 39.4. The Kier molecular flexibility index (Phi) is 8.72. The van der Waals surface area contributed by atoms with Crippen molar-refractivity contribution in [3.05, 3.63) is 206 Å². The molecule has 0 bridgehead atoms. The van der Waals surface area contributed by atoms with Crippen LogP contribution >= 0.6 is 46.2 Å². The maximum Gasteiger partial charge on any atom is 0.266 e. The summed E-state index contributed by atoms with van der Waals surface area (Å²) in [6.45, 7) is -0.0425. The number of hydrogen-bond acceptors (Lipinski definition) is 8. The predicted octanol–water partition coefficient (Wildman–Crippen LogP) is 13.2. The van der Waals surface area contributed by atoms with Crippen LogP contribution in [0.15, 0.2) is 226 Å². The largest absolute Gasteiger partial charge is 0.458 e. The van der Waals surface area contributed by atoms with Gasteiger partial charge in [-0.15, -0.1) is 22.7 Å². The molecule has 318 valence electrons. The highest BCUT2D eigenvalue weighted by Crippen LogP contribution is 2.49. The van der Waals surface area contributed by atoms with Crippen molar-refractivity contribution >= 4 is 145 Å². The first-order valence-electron chi connectivity index (χ1n) is 22.8. The summed E-state index contributed by atoms with van der Waals surface area (Å²) in [4.78, 5) is 9.79. The Morgan fingerprint density at radius 3 is 1.10 bits per heavy atom. The molecule has 4 aliphatic rings. The van der Waals surface area contributed by atoms with Crippen LogP contribution in [0.4, 0.5) is 34.1 Å². The highest BCUT2D eigenvalue weighted by Gasteiger charge is 2.46. The fraction of sp³-hybridized carbons (Fsp3) is 0. The van der Waals surface area contributed by atoms with E-state index in [1.165, 1.54) is 71.2 Å². The van der Waals surface area contributed by atoms with Crippen LogP contribution < -0.4 is 50.7 Å². The Bertz CT molecular complexity index is 3520. The average Bonchev–Trinajstić information content (AvgIpc) is 3.95. The first-order chi connectivity index (χ1) is 33.7. The number of para-hydroxylation sites is 4. The molecule has 15 rings (SSSR count). The Morgan fingerprint density at radius 1 is 0.338 bits per heavy atom. The standard InChI is InChI=1S/C58H34B2N2O2S4/c1-5-17-35(18-6-1)61(36-19-7-2-8-20-36)39-29-47-53-51(31-39)65-55-41-25-13-15-27-49(41)67-57(55)59(53)43-33-44-46(34-45(43)63-47)64-48-30-40(62(37-21-9-3-10-22-37)38-23-11-4-12-24-38)32-52-54(48)60(44)58-56(66-52)42-26-14-16-28-50(42)68-58/h1-34H. The normalized spacial score (nSPS) is 13.4. The molecule has 0 N–H and O–H groups in total. The fourth-order valence-electron chi connectivity index (χ4n) is 10.8. The lowest BCUT2D eigenvalue weighted by Crippen LogP contribution is -2.61. The molecule has 0 saturated heterocycles. The highest BCUT2D eigenvalue weighted by molar-refractivity contribution is 8.01. The van der Waals surface area contributed by atoms with Crippen molar-refractivity contribution in [2.75, 3.05) is 9.80 Å². The van der Waals surface area contributed by atoms with Crippen molar-refractivity contribution in [2.24, 2.45) is 0 Å². The summed E-state index contributed by atoms with van der Waals surface area (Å²) in [6, 6.07) is 74.3. The van der Waals surface area contributed by atoms with Gasteiger partial charge in [0.15, 0.2) is 0 Å². The summed E-state index contributed by atoms with van der Waals surface area (Å²) in [5.41, 5.74) is 11.3. The van der Waals surface area contributed by atoms with Gasteiger partial charge in [-0.25, -0.2) is 0 Å². The lowest BCUT2D eigenvalue weighted by atomic mass is 9.35.